The fourth-order valence-corrected chi connectivity index (χ4v) is 2.38. The summed E-state index contributed by atoms with van der Waals surface area (Å²) in [5.41, 5.74) is 13.3. The summed E-state index contributed by atoms with van der Waals surface area (Å²) < 4.78 is 16.5. The van der Waals surface area contributed by atoms with Crippen LogP contribution in [0.25, 0.3) is 0 Å². The van der Waals surface area contributed by atoms with Crippen molar-refractivity contribution in [3.63, 3.8) is 0 Å². The van der Waals surface area contributed by atoms with Gasteiger partial charge in [-0.2, -0.15) is 0 Å². The molecule has 1 aromatic rings. The number of hydrogen-bond donors (Lipinski definition) is 3. The van der Waals surface area contributed by atoms with Crippen LogP contribution in [-0.4, -0.2) is 38.7 Å². The van der Waals surface area contributed by atoms with Gasteiger partial charge in [-0.05, 0) is 17.7 Å². The maximum Gasteiger partial charge on any atom is 0.203 e. The highest BCUT2D eigenvalue weighted by Crippen LogP contribution is 2.39. The normalized spacial score (nSPS) is 16.5. The molecule has 1 aliphatic heterocycles. The first-order valence-electron chi connectivity index (χ1n) is 8.30. The molecule has 1 unspecified atom stereocenters. The van der Waals surface area contributed by atoms with E-state index in [4.69, 9.17) is 25.7 Å². The lowest BCUT2D eigenvalue weighted by atomic mass is 10.0. The molecule has 8 nitrogen and oxygen atoms in total. The number of nitrogens with one attached hydrogen (secondary N) is 1. The van der Waals surface area contributed by atoms with Crippen molar-refractivity contribution in [2.24, 2.45) is 22.4 Å². The van der Waals surface area contributed by atoms with Crippen molar-refractivity contribution >= 4 is 11.6 Å². The number of carbonyl (C=O) groups excluding carboxylic acids is 1. The second kappa shape index (κ2) is 8.57. The molecule has 0 saturated carbocycles. The van der Waals surface area contributed by atoms with E-state index in [0.717, 1.165) is 11.1 Å². The Morgan fingerprint density at radius 2 is 1.88 bits per heavy atom. The Kier molecular flexibility index (Phi) is 6.46. The molecule has 1 heterocycles. The minimum absolute atomic E-state index is 0.00283. The standard InChI is InChI=1S/C18H26N4O4/c1-10(2)13(23)9-26-16-14(24-3)6-11(7-15(16)25-4)5-12-8-21-18(20)22-17(12)19/h6-8,10,18,21H,5,9,20H2,1-4H3,(H2,19,22). The van der Waals surface area contributed by atoms with Crippen molar-refractivity contribution in [1.29, 1.82) is 0 Å². The maximum absolute atomic E-state index is 11.8. The van der Waals surface area contributed by atoms with Gasteiger partial charge in [0.25, 0.3) is 0 Å². The van der Waals surface area contributed by atoms with Gasteiger partial charge < -0.3 is 25.3 Å². The first kappa shape index (κ1) is 19.6. The van der Waals surface area contributed by atoms with Crippen LogP contribution in [-0.2, 0) is 11.2 Å². The number of Topliss-reactive ketones (excluding diaryl/α,β-unsaturated/α-hetero) is 1. The van der Waals surface area contributed by atoms with Gasteiger partial charge in [0, 0.05) is 24.1 Å². The van der Waals surface area contributed by atoms with E-state index in [2.05, 4.69) is 10.3 Å². The van der Waals surface area contributed by atoms with Crippen molar-refractivity contribution in [1.82, 2.24) is 5.32 Å². The average molecular weight is 362 g/mol. The number of rotatable bonds is 8. The zero-order valence-electron chi connectivity index (χ0n) is 15.5. The minimum atomic E-state index is -0.530. The Morgan fingerprint density at radius 1 is 1.27 bits per heavy atom. The summed E-state index contributed by atoms with van der Waals surface area (Å²) in [6.07, 6.45) is 1.72. The van der Waals surface area contributed by atoms with Gasteiger partial charge in [-0.25, -0.2) is 4.99 Å². The molecule has 5 N–H and O–H groups in total. The molecule has 26 heavy (non-hydrogen) atoms. The van der Waals surface area contributed by atoms with E-state index in [-0.39, 0.29) is 18.3 Å². The maximum atomic E-state index is 11.8. The zero-order chi connectivity index (χ0) is 19.3. The fraction of sp³-hybridized carbons (Fsp3) is 0.444. The summed E-state index contributed by atoms with van der Waals surface area (Å²) in [6, 6.07) is 3.64. The molecule has 1 atom stereocenters. The average Bonchev–Trinajstić information content (AvgIpc) is 2.61. The monoisotopic (exact) mass is 362 g/mol. The third kappa shape index (κ3) is 4.66. The minimum Gasteiger partial charge on any atom is -0.493 e. The number of ether oxygens (including phenoxy) is 3. The molecule has 0 radical (unpaired) electrons. The molecule has 1 aliphatic rings. The summed E-state index contributed by atoms with van der Waals surface area (Å²) >= 11 is 0. The summed E-state index contributed by atoms with van der Waals surface area (Å²) in [6.45, 7) is 3.61. The number of hydrogen-bond acceptors (Lipinski definition) is 8. The van der Waals surface area contributed by atoms with E-state index < -0.39 is 6.29 Å². The Balaban J connectivity index is 2.25. The van der Waals surface area contributed by atoms with Gasteiger partial charge in [0.15, 0.2) is 23.6 Å². The molecule has 0 spiro atoms. The third-order valence-electron chi connectivity index (χ3n) is 3.95. The number of methoxy groups -OCH3 is 2. The largest absolute Gasteiger partial charge is 0.493 e. The lowest BCUT2D eigenvalue weighted by molar-refractivity contribution is -0.123. The highest BCUT2D eigenvalue weighted by Gasteiger charge is 2.19. The van der Waals surface area contributed by atoms with E-state index in [1.54, 1.807) is 6.20 Å². The Bertz CT molecular complexity index is 703. The SMILES string of the molecule is COc1cc(CC2=CNC(N)N=C2N)cc(OC)c1OCC(=O)C(C)C. The van der Waals surface area contributed by atoms with Crippen molar-refractivity contribution in [2.45, 2.75) is 26.6 Å². The van der Waals surface area contributed by atoms with Crippen LogP contribution in [0.2, 0.25) is 0 Å². The van der Waals surface area contributed by atoms with Gasteiger partial charge >= 0.3 is 0 Å². The predicted molar refractivity (Wildman–Crippen MR) is 99.4 cm³/mol. The van der Waals surface area contributed by atoms with E-state index in [1.165, 1.54) is 14.2 Å². The first-order valence-corrected chi connectivity index (χ1v) is 8.30. The molecule has 2 rings (SSSR count). The molecule has 0 aromatic heterocycles. The highest BCUT2D eigenvalue weighted by molar-refractivity contribution is 5.97. The predicted octanol–water partition coefficient (Wildman–Crippen LogP) is 0.937. The number of benzene rings is 1. The van der Waals surface area contributed by atoms with E-state index in [0.29, 0.717) is 29.5 Å². The lowest BCUT2D eigenvalue weighted by Crippen LogP contribution is -2.39. The second-order valence-corrected chi connectivity index (χ2v) is 6.21. The summed E-state index contributed by atoms with van der Waals surface area (Å²) in [7, 11) is 3.07. The summed E-state index contributed by atoms with van der Waals surface area (Å²) in [5.74, 6) is 1.63. The van der Waals surface area contributed by atoms with E-state index in [1.807, 2.05) is 26.0 Å². The van der Waals surface area contributed by atoms with Gasteiger partial charge in [-0.15, -0.1) is 0 Å². The molecule has 0 aliphatic carbocycles. The second-order valence-electron chi connectivity index (χ2n) is 6.21. The van der Waals surface area contributed by atoms with Gasteiger partial charge in [0.05, 0.1) is 14.2 Å². The van der Waals surface area contributed by atoms with Crippen molar-refractivity contribution in [3.05, 3.63) is 29.5 Å². The molecule has 142 valence electrons. The Labute approximate surface area is 153 Å². The molecular weight excluding hydrogens is 336 g/mol. The highest BCUT2D eigenvalue weighted by atomic mass is 16.5. The van der Waals surface area contributed by atoms with Crippen LogP contribution in [0.3, 0.4) is 0 Å². The quantitative estimate of drug-likeness (QED) is 0.629. The lowest BCUT2D eigenvalue weighted by Gasteiger charge is -2.19. The van der Waals surface area contributed by atoms with Crippen LogP contribution in [0.4, 0.5) is 0 Å². The van der Waals surface area contributed by atoms with Gasteiger partial charge in [0.2, 0.25) is 5.75 Å². The first-order chi connectivity index (χ1) is 12.3. The molecule has 0 saturated heterocycles. The van der Waals surface area contributed by atoms with Gasteiger partial charge in [0.1, 0.15) is 12.4 Å². The number of amidine groups is 1. The molecule has 0 fully saturated rings. The Hall–Kier alpha value is -2.74. The summed E-state index contributed by atoms with van der Waals surface area (Å²) in [4.78, 5) is 15.9. The van der Waals surface area contributed by atoms with E-state index in [9.17, 15) is 4.79 Å². The number of aliphatic imine (C=N–C) groups is 1. The molecule has 1 aromatic carbocycles. The van der Waals surface area contributed by atoms with Crippen LogP contribution in [0.1, 0.15) is 19.4 Å². The number of ketones is 1. The zero-order valence-corrected chi connectivity index (χ0v) is 15.5. The van der Waals surface area contributed by atoms with Gasteiger partial charge in [-0.3, -0.25) is 10.5 Å². The van der Waals surface area contributed by atoms with Crippen molar-refractivity contribution < 1.29 is 19.0 Å². The third-order valence-corrected chi connectivity index (χ3v) is 3.95. The van der Waals surface area contributed by atoms with Crippen LogP contribution >= 0.6 is 0 Å². The molecular formula is C18H26N4O4. The summed E-state index contributed by atoms with van der Waals surface area (Å²) in [5, 5.41) is 2.92. The number of carbonyl (C=O) groups is 1. The number of nitrogens with zero attached hydrogens (tertiary/aromatic N) is 1. The van der Waals surface area contributed by atoms with Crippen molar-refractivity contribution in [2.75, 3.05) is 20.8 Å². The van der Waals surface area contributed by atoms with E-state index >= 15 is 0 Å². The molecule has 0 bridgehead atoms. The Morgan fingerprint density at radius 3 is 2.38 bits per heavy atom. The van der Waals surface area contributed by atoms with Crippen LogP contribution < -0.4 is 31.0 Å². The molecule has 0 amide bonds. The van der Waals surface area contributed by atoms with Crippen LogP contribution in [0.5, 0.6) is 17.2 Å². The van der Waals surface area contributed by atoms with Crippen LogP contribution in [0.15, 0.2) is 28.9 Å². The van der Waals surface area contributed by atoms with Gasteiger partial charge in [-0.1, -0.05) is 13.8 Å². The molecule has 8 heteroatoms. The smallest absolute Gasteiger partial charge is 0.203 e. The van der Waals surface area contributed by atoms with Crippen LogP contribution in [0, 0.1) is 5.92 Å². The fourth-order valence-electron chi connectivity index (χ4n) is 2.38. The van der Waals surface area contributed by atoms with Crippen molar-refractivity contribution in [3.8, 4) is 17.2 Å². The number of nitrogens with two attached hydrogens (primary N) is 2. The topological polar surface area (TPSA) is 121 Å².